The van der Waals surface area contributed by atoms with Crippen molar-refractivity contribution in [3.63, 3.8) is 0 Å². The summed E-state index contributed by atoms with van der Waals surface area (Å²) in [5, 5.41) is 0. The highest BCUT2D eigenvalue weighted by Crippen LogP contribution is 2.22. The fourth-order valence-corrected chi connectivity index (χ4v) is 2.88. The number of benzene rings is 1. The third-order valence-corrected chi connectivity index (χ3v) is 4.32. The lowest BCUT2D eigenvalue weighted by Gasteiger charge is -2.08. The quantitative estimate of drug-likeness (QED) is 0.732. The predicted molar refractivity (Wildman–Crippen MR) is 92.7 cm³/mol. The summed E-state index contributed by atoms with van der Waals surface area (Å²) in [6.07, 6.45) is 6.46. The summed E-state index contributed by atoms with van der Waals surface area (Å²) in [6.45, 7) is 2.54. The van der Waals surface area contributed by atoms with E-state index in [1.54, 1.807) is 18.0 Å². The van der Waals surface area contributed by atoms with E-state index in [1.165, 1.54) is 11.0 Å². The molecule has 0 fully saturated rings. The number of hydrogen-bond donors (Lipinski definition) is 1. The van der Waals surface area contributed by atoms with Gasteiger partial charge in [0.15, 0.2) is 0 Å². The molecule has 0 saturated heterocycles. The number of hydrogen-bond acceptors (Lipinski definition) is 4. The first-order valence-electron chi connectivity index (χ1n) is 7.38. The van der Waals surface area contributed by atoms with Crippen LogP contribution in [0.1, 0.15) is 11.5 Å². The molecule has 1 N–H and O–H groups in total. The maximum Gasteiger partial charge on any atom is 0.251 e. The zero-order valence-electron chi connectivity index (χ0n) is 13.1. The number of thioether (sulfide) groups is 1. The van der Waals surface area contributed by atoms with E-state index in [-0.39, 0.29) is 5.56 Å². The Morgan fingerprint density at radius 1 is 1.26 bits per heavy atom. The van der Waals surface area contributed by atoms with Crippen molar-refractivity contribution in [3.8, 4) is 11.4 Å². The summed E-state index contributed by atoms with van der Waals surface area (Å²) in [5.41, 5.74) is 1.71. The molecule has 0 aliphatic carbocycles. The molecule has 0 aliphatic heterocycles. The molecule has 0 amide bonds. The molecule has 0 bridgehead atoms. The minimum absolute atomic E-state index is 0.106. The fraction of sp³-hybridized carbons (Fsp3) is 0.235. The van der Waals surface area contributed by atoms with Gasteiger partial charge in [-0.15, -0.1) is 11.8 Å². The van der Waals surface area contributed by atoms with Crippen molar-refractivity contribution in [2.45, 2.75) is 24.8 Å². The summed E-state index contributed by atoms with van der Waals surface area (Å²) < 4.78 is 2.08. The van der Waals surface area contributed by atoms with Crippen LogP contribution in [0.5, 0.6) is 0 Å². The monoisotopic (exact) mass is 326 g/mol. The molecule has 118 valence electrons. The van der Waals surface area contributed by atoms with E-state index in [9.17, 15) is 4.79 Å². The largest absolute Gasteiger partial charge is 0.331 e. The van der Waals surface area contributed by atoms with Gasteiger partial charge in [0, 0.05) is 47.6 Å². The van der Waals surface area contributed by atoms with E-state index in [2.05, 4.69) is 50.0 Å². The molecule has 2 aromatic heterocycles. The Balaban J connectivity index is 1.79. The van der Waals surface area contributed by atoms with Crippen molar-refractivity contribution in [2.24, 2.45) is 0 Å². The Kier molecular flexibility index (Phi) is 4.62. The molecule has 3 rings (SSSR count). The Bertz CT molecular complexity index is 852. The second-order valence-corrected chi connectivity index (χ2v) is 6.14. The zero-order chi connectivity index (χ0) is 16.2. The summed E-state index contributed by atoms with van der Waals surface area (Å²) in [7, 11) is 0. The van der Waals surface area contributed by atoms with Crippen LogP contribution in [0.3, 0.4) is 0 Å². The van der Waals surface area contributed by atoms with Crippen molar-refractivity contribution >= 4 is 11.8 Å². The first-order chi connectivity index (χ1) is 11.2. The van der Waals surface area contributed by atoms with Crippen LogP contribution in [0.4, 0.5) is 0 Å². The third kappa shape index (κ3) is 3.71. The molecule has 3 aromatic rings. The maximum atomic E-state index is 11.5. The Morgan fingerprint density at radius 3 is 2.74 bits per heavy atom. The van der Waals surface area contributed by atoms with Gasteiger partial charge in [0.1, 0.15) is 11.6 Å². The van der Waals surface area contributed by atoms with E-state index in [0.29, 0.717) is 18.8 Å². The van der Waals surface area contributed by atoms with Gasteiger partial charge in [-0.2, -0.15) is 0 Å². The van der Waals surface area contributed by atoms with E-state index < -0.39 is 0 Å². The summed E-state index contributed by atoms with van der Waals surface area (Å²) in [6, 6.07) is 9.85. The highest BCUT2D eigenvalue weighted by molar-refractivity contribution is 7.98. The standard InChI is InChI=1S/C17H18N4OS/c1-12-11-16(22)20-15(19-12)7-9-21-10-8-18-17(21)13-3-5-14(23-2)6-4-13/h3-6,8,10-11H,7,9H2,1-2H3,(H,19,20,22). The van der Waals surface area contributed by atoms with Gasteiger partial charge in [-0.1, -0.05) is 12.1 Å². The van der Waals surface area contributed by atoms with Gasteiger partial charge in [-0.05, 0) is 25.3 Å². The zero-order valence-corrected chi connectivity index (χ0v) is 13.9. The lowest BCUT2D eigenvalue weighted by Crippen LogP contribution is -2.13. The minimum Gasteiger partial charge on any atom is -0.331 e. The third-order valence-electron chi connectivity index (χ3n) is 3.57. The van der Waals surface area contributed by atoms with Crippen LogP contribution in [0.2, 0.25) is 0 Å². The topological polar surface area (TPSA) is 63.6 Å². The Morgan fingerprint density at radius 2 is 2.04 bits per heavy atom. The van der Waals surface area contributed by atoms with E-state index in [4.69, 9.17) is 0 Å². The Labute approximate surface area is 138 Å². The normalized spacial score (nSPS) is 10.9. The first-order valence-corrected chi connectivity index (χ1v) is 8.60. The maximum absolute atomic E-state index is 11.5. The van der Waals surface area contributed by atoms with Gasteiger partial charge in [0.05, 0.1) is 0 Å². The van der Waals surface area contributed by atoms with Crippen LogP contribution in [0.15, 0.2) is 52.4 Å². The molecule has 23 heavy (non-hydrogen) atoms. The van der Waals surface area contributed by atoms with Crippen LogP contribution in [0.25, 0.3) is 11.4 Å². The Hall–Kier alpha value is -2.34. The SMILES string of the molecule is CSc1ccc(-c2nccn2CCc2nc(C)cc(=O)[nH]2)cc1. The van der Waals surface area contributed by atoms with Gasteiger partial charge in [0.25, 0.3) is 5.56 Å². The molecular weight excluding hydrogens is 308 g/mol. The van der Waals surface area contributed by atoms with Gasteiger partial charge >= 0.3 is 0 Å². The van der Waals surface area contributed by atoms with Gasteiger partial charge in [-0.25, -0.2) is 9.97 Å². The molecule has 2 heterocycles. The van der Waals surface area contributed by atoms with Crippen LogP contribution < -0.4 is 5.56 Å². The molecular formula is C17H18N4OS. The number of aryl methyl sites for hydroxylation is 3. The minimum atomic E-state index is -0.106. The van der Waals surface area contributed by atoms with Crippen molar-refractivity contribution in [3.05, 3.63) is 64.6 Å². The van der Waals surface area contributed by atoms with E-state index >= 15 is 0 Å². The fourth-order valence-electron chi connectivity index (χ4n) is 2.48. The highest BCUT2D eigenvalue weighted by Gasteiger charge is 2.07. The lowest BCUT2D eigenvalue weighted by molar-refractivity contribution is 0.672. The number of nitrogens with one attached hydrogen (secondary N) is 1. The predicted octanol–water partition coefficient (Wildman–Crippen LogP) is 2.91. The molecule has 5 nitrogen and oxygen atoms in total. The van der Waals surface area contributed by atoms with Gasteiger partial charge < -0.3 is 9.55 Å². The van der Waals surface area contributed by atoms with Crippen LogP contribution in [-0.4, -0.2) is 25.8 Å². The number of aromatic nitrogens is 4. The number of imidazole rings is 1. The molecule has 0 radical (unpaired) electrons. The molecule has 1 aromatic carbocycles. The lowest BCUT2D eigenvalue weighted by atomic mass is 10.2. The van der Waals surface area contributed by atoms with E-state index in [1.807, 2.05) is 13.1 Å². The first kappa shape index (κ1) is 15.6. The average Bonchev–Trinajstić information content (AvgIpc) is 3.00. The summed E-state index contributed by atoms with van der Waals surface area (Å²) >= 11 is 1.72. The van der Waals surface area contributed by atoms with Crippen molar-refractivity contribution in [2.75, 3.05) is 6.26 Å². The molecule has 0 saturated carbocycles. The van der Waals surface area contributed by atoms with E-state index in [0.717, 1.165) is 17.1 Å². The van der Waals surface area contributed by atoms with Crippen LogP contribution in [0, 0.1) is 6.92 Å². The second kappa shape index (κ2) is 6.83. The molecule has 0 unspecified atom stereocenters. The van der Waals surface area contributed by atoms with Gasteiger partial charge in [-0.3, -0.25) is 4.79 Å². The highest BCUT2D eigenvalue weighted by atomic mass is 32.2. The number of H-pyrrole nitrogens is 1. The summed E-state index contributed by atoms with van der Waals surface area (Å²) in [4.78, 5) is 24.3. The van der Waals surface area contributed by atoms with Gasteiger partial charge in [0.2, 0.25) is 0 Å². The van der Waals surface area contributed by atoms with Crippen molar-refractivity contribution in [1.82, 2.24) is 19.5 Å². The number of nitrogens with zero attached hydrogens (tertiary/aromatic N) is 3. The molecule has 0 atom stereocenters. The molecule has 6 heteroatoms. The smallest absolute Gasteiger partial charge is 0.251 e. The van der Waals surface area contributed by atoms with Crippen molar-refractivity contribution in [1.29, 1.82) is 0 Å². The van der Waals surface area contributed by atoms with Crippen LogP contribution in [-0.2, 0) is 13.0 Å². The van der Waals surface area contributed by atoms with Crippen molar-refractivity contribution < 1.29 is 0 Å². The summed E-state index contributed by atoms with van der Waals surface area (Å²) in [5.74, 6) is 1.63. The molecule has 0 aliphatic rings. The molecule has 0 spiro atoms. The van der Waals surface area contributed by atoms with Crippen LogP contribution >= 0.6 is 11.8 Å². The average molecular weight is 326 g/mol. The number of rotatable bonds is 5. The second-order valence-electron chi connectivity index (χ2n) is 5.26. The number of aromatic amines is 1.